The SMILES string of the molecule is Cc1ccc(SCC(=O)N2CCCNCC2)cc1.Cl. The van der Waals surface area contributed by atoms with Crippen LogP contribution in [0.5, 0.6) is 0 Å². The van der Waals surface area contributed by atoms with E-state index in [1.165, 1.54) is 10.5 Å². The number of amides is 1. The summed E-state index contributed by atoms with van der Waals surface area (Å²) in [5.74, 6) is 0.799. The summed E-state index contributed by atoms with van der Waals surface area (Å²) in [5.41, 5.74) is 1.25. The van der Waals surface area contributed by atoms with Crippen molar-refractivity contribution in [2.45, 2.75) is 18.2 Å². The molecule has 1 aromatic rings. The van der Waals surface area contributed by atoms with Gasteiger partial charge in [-0.3, -0.25) is 4.79 Å². The third-order valence-corrected chi connectivity index (χ3v) is 4.07. The Morgan fingerprint density at radius 2 is 2.00 bits per heavy atom. The topological polar surface area (TPSA) is 32.3 Å². The van der Waals surface area contributed by atoms with Gasteiger partial charge < -0.3 is 10.2 Å². The van der Waals surface area contributed by atoms with Crippen LogP contribution in [0.25, 0.3) is 0 Å². The molecule has 0 unspecified atom stereocenters. The van der Waals surface area contributed by atoms with Gasteiger partial charge in [0.05, 0.1) is 5.75 Å². The second kappa shape index (κ2) is 8.46. The Morgan fingerprint density at radius 3 is 2.74 bits per heavy atom. The minimum absolute atomic E-state index is 0. The van der Waals surface area contributed by atoms with Crippen LogP contribution in [-0.2, 0) is 4.79 Å². The molecule has 3 nitrogen and oxygen atoms in total. The third kappa shape index (κ3) is 5.43. The molecule has 0 radical (unpaired) electrons. The van der Waals surface area contributed by atoms with Crippen molar-refractivity contribution in [1.29, 1.82) is 0 Å². The maximum atomic E-state index is 12.1. The van der Waals surface area contributed by atoms with Gasteiger partial charge in [0.15, 0.2) is 0 Å². The van der Waals surface area contributed by atoms with Crippen LogP contribution in [0.4, 0.5) is 0 Å². The number of hydrogen-bond donors (Lipinski definition) is 1. The predicted octanol–water partition coefficient (Wildman–Crippen LogP) is 2.33. The highest BCUT2D eigenvalue weighted by atomic mass is 35.5. The van der Waals surface area contributed by atoms with Crippen molar-refractivity contribution in [3.05, 3.63) is 29.8 Å². The molecule has 0 spiro atoms. The molecule has 1 fully saturated rings. The molecule has 0 saturated carbocycles. The largest absolute Gasteiger partial charge is 0.341 e. The number of hydrogen-bond acceptors (Lipinski definition) is 3. The van der Waals surface area contributed by atoms with Crippen molar-refractivity contribution in [3.8, 4) is 0 Å². The third-order valence-electron chi connectivity index (χ3n) is 3.08. The second-order valence-corrected chi connectivity index (χ2v) is 5.63. The van der Waals surface area contributed by atoms with Crippen LogP contribution in [0.3, 0.4) is 0 Å². The molecule has 5 heteroatoms. The lowest BCUT2D eigenvalue weighted by Gasteiger charge is -2.19. The van der Waals surface area contributed by atoms with E-state index < -0.39 is 0 Å². The minimum atomic E-state index is 0. The van der Waals surface area contributed by atoms with Gasteiger partial charge in [-0.05, 0) is 32.0 Å². The van der Waals surface area contributed by atoms with E-state index in [1.54, 1.807) is 11.8 Å². The molecule has 0 aromatic heterocycles. The number of halogens is 1. The maximum absolute atomic E-state index is 12.1. The maximum Gasteiger partial charge on any atom is 0.232 e. The van der Waals surface area contributed by atoms with E-state index >= 15 is 0 Å². The van der Waals surface area contributed by atoms with Crippen molar-refractivity contribution in [3.63, 3.8) is 0 Å². The predicted molar refractivity (Wildman–Crippen MR) is 83.2 cm³/mol. The number of nitrogens with zero attached hydrogens (tertiary/aromatic N) is 1. The molecule has 1 N–H and O–H groups in total. The molecular formula is C14H21ClN2OS. The molecule has 0 atom stereocenters. The smallest absolute Gasteiger partial charge is 0.232 e. The van der Waals surface area contributed by atoms with Gasteiger partial charge in [-0.25, -0.2) is 0 Å². The number of carbonyl (C=O) groups excluding carboxylic acids is 1. The Kier molecular flexibility index (Phi) is 7.28. The molecule has 1 aliphatic heterocycles. The van der Waals surface area contributed by atoms with E-state index in [4.69, 9.17) is 0 Å². The van der Waals surface area contributed by atoms with Crippen molar-refractivity contribution in [2.75, 3.05) is 31.9 Å². The van der Waals surface area contributed by atoms with Crippen LogP contribution >= 0.6 is 24.2 Å². The fourth-order valence-corrected chi connectivity index (χ4v) is 2.77. The second-order valence-electron chi connectivity index (χ2n) is 4.59. The molecule has 1 heterocycles. The van der Waals surface area contributed by atoms with Crippen molar-refractivity contribution < 1.29 is 4.79 Å². The van der Waals surface area contributed by atoms with Crippen molar-refractivity contribution >= 4 is 30.1 Å². The van der Waals surface area contributed by atoms with E-state index in [0.717, 1.165) is 32.6 Å². The molecule has 19 heavy (non-hydrogen) atoms. The molecule has 2 rings (SSSR count). The standard InChI is InChI=1S/C14H20N2OS.ClH/c1-12-3-5-13(6-4-12)18-11-14(17)16-9-2-7-15-8-10-16;/h3-6,15H,2,7-11H2,1H3;1H. The minimum Gasteiger partial charge on any atom is -0.341 e. The summed E-state index contributed by atoms with van der Waals surface area (Å²) in [6, 6.07) is 8.33. The first-order valence-corrected chi connectivity index (χ1v) is 7.42. The van der Waals surface area contributed by atoms with Gasteiger partial charge in [0.1, 0.15) is 0 Å². The van der Waals surface area contributed by atoms with Crippen molar-refractivity contribution in [2.24, 2.45) is 0 Å². The summed E-state index contributed by atoms with van der Waals surface area (Å²) in [4.78, 5) is 15.2. The van der Waals surface area contributed by atoms with Crippen LogP contribution in [0.15, 0.2) is 29.2 Å². The summed E-state index contributed by atoms with van der Waals surface area (Å²) in [7, 11) is 0. The van der Waals surface area contributed by atoms with E-state index in [9.17, 15) is 4.79 Å². The summed E-state index contributed by atoms with van der Waals surface area (Å²) in [6.07, 6.45) is 1.06. The van der Waals surface area contributed by atoms with Gasteiger partial charge in [-0.15, -0.1) is 24.2 Å². The summed E-state index contributed by atoms with van der Waals surface area (Å²) in [5, 5.41) is 3.31. The van der Waals surface area contributed by atoms with E-state index in [-0.39, 0.29) is 18.3 Å². The fourth-order valence-electron chi connectivity index (χ4n) is 1.97. The molecule has 0 bridgehead atoms. The molecule has 1 aliphatic rings. The number of thioether (sulfide) groups is 1. The van der Waals surface area contributed by atoms with Gasteiger partial charge in [0.25, 0.3) is 0 Å². The van der Waals surface area contributed by atoms with Gasteiger partial charge in [-0.2, -0.15) is 0 Å². The Balaban J connectivity index is 0.00000180. The Bertz CT molecular complexity index is 389. The molecule has 1 aromatic carbocycles. The first-order valence-electron chi connectivity index (χ1n) is 6.44. The van der Waals surface area contributed by atoms with Gasteiger partial charge in [0, 0.05) is 24.5 Å². The highest BCUT2D eigenvalue weighted by Gasteiger charge is 2.14. The molecule has 1 saturated heterocycles. The van der Waals surface area contributed by atoms with Crippen LogP contribution in [-0.4, -0.2) is 42.7 Å². The van der Waals surface area contributed by atoms with Crippen LogP contribution in [0.2, 0.25) is 0 Å². The first kappa shape index (κ1) is 16.3. The Hall–Kier alpha value is -0.710. The van der Waals surface area contributed by atoms with Gasteiger partial charge in [-0.1, -0.05) is 17.7 Å². The van der Waals surface area contributed by atoms with Crippen LogP contribution in [0.1, 0.15) is 12.0 Å². The molecule has 106 valence electrons. The Morgan fingerprint density at radius 1 is 1.26 bits per heavy atom. The quantitative estimate of drug-likeness (QED) is 0.870. The highest BCUT2D eigenvalue weighted by Crippen LogP contribution is 2.18. The van der Waals surface area contributed by atoms with E-state index in [0.29, 0.717) is 5.75 Å². The zero-order chi connectivity index (χ0) is 12.8. The normalized spacial score (nSPS) is 15.5. The van der Waals surface area contributed by atoms with Crippen molar-refractivity contribution in [1.82, 2.24) is 10.2 Å². The Labute approximate surface area is 125 Å². The zero-order valence-electron chi connectivity index (χ0n) is 11.2. The number of rotatable bonds is 3. The number of aryl methyl sites for hydroxylation is 1. The van der Waals surface area contributed by atoms with Crippen LogP contribution in [0, 0.1) is 6.92 Å². The lowest BCUT2D eigenvalue weighted by Crippen LogP contribution is -2.35. The average Bonchev–Trinajstić information content (AvgIpc) is 2.66. The highest BCUT2D eigenvalue weighted by molar-refractivity contribution is 8.00. The lowest BCUT2D eigenvalue weighted by atomic mass is 10.2. The average molecular weight is 301 g/mol. The number of carbonyl (C=O) groups is 1. The number of nitrogens with one attached hydrogen (secondary N) is 1. The van der Waals surface area contributed by atoms with Gasteiger partial charge in [0.2, 0.25) is 5.91 Å². The zero-order valence-corrected chi connectivity index (χ0v) is 12.9. The lowest BCUT2D eigenvalue weighted by molar-refractivity contribution is -0.128. The van der Waals surface area contributed by atoms with E-state index in [1.807, 2.05) is 4.90 Å². The molecule has 0 aliphatic carbocycles. The van der Waals surface area contributed by atoms with E-state index in [2.05, 4.69) is 36.5 Å². The summed E-state index contributed by atoms with van der Waals surface area (Å²) >= 11 is 1.63. The van der Waals surface area contributed by atoms with Crippen LogP contribution < -0.4 is 5.32 Å². The fraction of sp³-hybridized carbons (Fsp3) is 0.500. The first-order chi connectivity index (χ1) is 8.75. The summed E-state index contributed by atoms with van der Waals surface area (Å²) in [6.45, 7) is 5.74. The van der Waals surface area contributed by atoms with Gasteiger partial charge >= 0.3 is 0 Å². The molecular weight excluding hydrogens is 280 g/mol. The monoisotopic (exact) mass is 300 g/mol. The molecule has 1 amide bonds. The summed E-state index contributed by atoms with van der Waals surface area (Å²) < 4.78 is 0. The number of benzene rings is 1.